The number of rotatable bonds is 6. The number of esters is 1. The molecule has 0 aliphatic carbocycles. The second kappa shape index (κ2) is 7.83. The molecule has 0 aromatic heterocycles. The van der Waals surface area contributed by atoms with E-state index in [0.717, 1.165) is 5.56 Å². The summed E-state index contributed by atoms with van der Waals surface area (Å²) in [7, 11) is -3.57. The van der Waals surface area contributed by atoms with Crippen LogP contribution in [0.5, 0.6) is 0 Å². The van der Waals surface area contributed by atoms with Crippen molar-refractivity contribution < 1.29 is 17.9 Å². The molecule has 132 valence electrons. The van der Waals surface area contributed by atoms with E-state index in [2.05, 4.69) is 0 Å². The lowest BCUT2D eigenvalue weighted by Crippen LogP contribution is -2.40. The minimum atomic E-state index is -3.57. The zero-order valence-corrected chi connectivity index (χ0v) is 14.8. The Hall–Kier alpha value is -2.14. The standard InChI is InChI=1S/C20H22O4S/c21-20-13-7-12-18(24-20)19(15-14-16-8-3-1-4-9-16)25(22,23)17-10-5-2-6-11-17/h1-6,8-11,18-19H,7,12-15H2/t18-,19-/m1/s1. The van der Waals surface area contributed by atoms with Crippen molar-refractivity contribution in [1.82, 2.24) is 0 Å². The van der Waals surface area contributed by atoms with Gasteiger partial charge in [0, 0.05) is 6.42 Å². The van der Waals surface area contributed by atoms with Crippen molar-refractivity contribution >= 4 is 15.8 Å². The minimum absolute atomic E-state index is 0.287. The summed E-state index contributed by atoms with van der Waals surface area (Å²) in [5.41, 5.74) is 1.08. The SMILES string of the molecule is O=C1CCC[C@H]([C@@H](CCc2ccccc2)S(=O)(=O)c2ccccc2)O1. The Morgan fingerprint density at radius 2 is 1.64 bits per heavy atom. The Bertz CT molecular complexity index is 800. The average Bonchev–Trinajstić information content (AvgIpc) is 2.63. The first-order valence-corrected chi connectivity index (χ1v) is 10.1. The second-order valence-electron chi connectivity index (χ2n) is 6.34. The van der Waals surface area contributed by atoms with Gasteiger partial charge >= 0.3 is 5.97 Å². The fourth-order valence-corrected chi connectivity index (χ4v) is 5.18. The molecule has 1 fully saturated rings. The molecule has 0 bridgehead atoms. The third-order valence-corrected chi connectivity index (χ3v) is 6.86. The summed E-state index contributed by atoms with van der Waals surface area (Å²) in [5.74, 6) is -0.302. The van der Waals surface area contributed by atoms with Gasteiger partial charge in [-0.1, -0.05) is 48.5 Å². The van der Waals surface area contributed by atoms with Gasteiger partial charge < -0.3 is 4.74 Å². The lowest BCUT2D eigenvalue weighted by Gasteiger charge is -2.30. The first-order chi connectivity index (χ1) is 12.1. The van der Waals surface area contributed by atoms with Crippen LogP contribution in [0.4, 0.5) is 0 Å². The third-order valence-electron chi connectivity index (χ3n) is 4.60. The largest absolute Gasteiger partial charge is 0.461 e. The number of carbonyl (C=O) groups is 1. The van der Waals surface area contributed by atoms with E-state index in [1.54, 1.807) is 30.3 Å². The molecule has 0 saturated carbocycles. The van der Waals surface area contributed by atoms with Gasteiger partial charge in [0.05, 0.1) is 4.90 Å². The topological polar surface area (TPSA) is 60.4 Å². The molecular weight excluding hydrogens is 336 g/mol. The van der Waals surface area contributed by atoms with E-state index < -0.39 is 21.2 Å². The number of hydrogen-bond donors (Lipinski definition) is 0. The molecule has 0 spiro atoms. The van der Waals surface area contributed by atoms with Crippen molar-refractivity contribution in [2.45, 2.75) is 48.4 Å². The van der Waals surface area contributed by atoms with Crippen LogP contribution in [-0.4, -0.2) is 25.7 Å². The number of sulfone groups is 1. The molecule has 0 unspecified atom stereocenters. The van der Waals surface area contributed by atoms with Crippen molar-refractivity contribution in [2.75, 3.05) is 0 Å². The summed E-state index contributed by atoms with van der Waals surface area (Å²) in [6, 6.07) is 18.2. The fraction of sp³-hybridized carbons (Fsp3) is 0.350. The highest BCUT2D eigenvalue weighted by molar-refractivity contribution is 7.92. The lowest BCUT2D eigenvalue weighted by atomic mass is 10.0. The van der Waals surface area contributed by atoms with Crippen LogP contribution in [0.25, 0.3) is 0 Å². The summed E-state index contributed by atoms with van der Waals surface area (Å²) in [6.45, 7) is 0. The third kappa shape index (κ3) is 4.28. The average molecular weight is 358 g/mol. The van der Waals surface area contributed by atoms with Gasteiger partial charge in [-0.3, -0.25) is 4.79 Å². The molecule has 0 amide bonds. The molecule has 1 aliphatic heterocycles. The van der Waals surface area contributed by atoms with E-state index in [0.29, 0.717) is 32.1 Å². The van der Waals surface area contributed by atoms with Crippen LogP contribution in [0.3, 0.4) is 0 Å². The van der Waals surface area contributed by atoms with Crippen LogP contribution >= 0.6 is 0 Å². The maximum atomic E-state index is 13.2. The van der Waals surface area contributed by atoms with Gasteiger partial charge in [0.15, 0.2) is 9.84 Å². The number of aryl methyl sites for hydroxylation is 1. The molecule has 2 aromatic rings. The molecular formula is C20H22O4S. The maximum absolute atomic E-state index is 13.2. The Balaban J connectivity index is 1.87. The minimum Gasteiger partial charge on any atom is -0.461 e. The van der Waals surface area contributed by atoms with Crippen LogP contribution in [0.15, 0.2) is 65.6 Å². The number of hydrogen-bond acceptors (Lipinski definition) is 4. The lowest BCUT2D eigenvalue weighted by molar-refractivity contribution is -0.153. The van der Waals surface area contributed by atoms with E-state index in [1.807, 2.05) is 30.3 Å². The van der Waals surface area contributed by atoms with E-state index in [-0.39, 0.29) is 10.9 Å². The van der Waals surface area contributed by atoms with Gasteiger partial charge in [-0.2, -0.15) is 0 Å². The molecule has 1 heterocycles. The van der Waals surface area contributed by atoms with E-state index in [4.69, 9.17) is 4.74 Å². The van der Waals surface area contributed by atoms with E-state index in [9.17, 15) is 13.2 Å². The highest BCUT2D eigenvalue weighted by Gasteiger charge is 2.38. The summed E-state index contributed by atoms with van der Waals surface area (Å²) >= 11 is 0. The summed E-state index contributed by atoms with van der Waals surface area (Å²) in [6.07, 6.45) is 2.13. The van der Waals surface area contributed by atoms with E-state index >= 15 is 0 Å². The highest BCUT2D eigenvalue weighted by atomic mass is 32.2. The van der Waals surface area contributed by atoms with Crippen LogP contribution in [0, 0.1) is 0 Å². The van der Waals surface area contributed by atoms with Crippen molar-refractivity contribution in [3.63, 3.8) is 0 Å². The second-order valence-corrected chi connectivity index (χ2v) is 8.51. The summed E-state index contributed by atoms with van der Waals surface area (Å²) in [5, 5.41) is -0.723. The number of cyclic esters (lactones) is 1. The highest BCUT2D eigenvalue weighted by Crippen LogP contribution is 2.29. The molecule has 25 heavy (non-hydrogen) atoms. The van der Waals surface area contributed by atoms with Crippen molar-refractivity contribution in [2.24, 2.45) is 0 Å². The number of benzene rings is 2. The molecule has 0 N–H and O–H groups in total. The zero-order valence-electron chi connectivity index (χ0n) is 14.0. The molecule has 4 nitrogen and oxygen atoms in total. The van der Waals surface area contributed by atoms with Gasteiger partial charge in [0.1, 0.15) is 11.4 Å². The Morgan fingerprint density at radius 1 is 1.00 bits per heavy atom. The molecule has 5 heteroatoms. The zero-order chi connectivity index (χ0) is 17.7. The van der Waals surface area contributed by atoms with Gasteiger partial charge in [0.2, 0.25) is 0 Å². The van der Waals surface area contributed by atoms with Gasteiger partial charge in [-0.15, -0.1) is 0 Å². The van der Waals surface area contributed by atoms with Crippen LogP contribution in [0.2, 0.25) is 0 Å². The molecule has 1 aliphatic rings. The predicted molar refractivity (Wildman–Crippen MR) is 95.9 cm³/mol. The van der Waals surface area contributed by atoms with Crippen LogP contribution in [-0.2, 0) is 25.8 Å². The van der Waals surface area contributed by atoms with Crippen molar-refractivity contribution in [1.29, 1.82) is 0 Å². The molecule has 2 aromatic carbocycles. The van der Waals surface area contributed by atoms with Crippen LogP contribution in [0.1, 0.15) is 31.2 Å². The predicted octanol–water partition coefficient (Wildman–Crippen LogP) is 3.56. The Labute approximate surface area is 148 Å². The first kappa shape index (κ1) is 17.7. The molecule has 2 atom stereocenters. The fourth-order valence-electron chi connectivity index (χ4n) is 3.28. The summed E-state index contributed by atoms with van der Waals surface area (Å²) < 4.78 is 31.8. The molecule has 0 radical (unpaired) electrons. The number of carbonyl (C=O) groups excluding carboxylic acids is 1. The quantitative estimate of drug-likeness (QED) is 0.741. The maximum Gasteiger partial charge on any atom is 0.306 e. The summed E-state index contributed by atoms with van der Waals surface area (Å²) in [4.78, 5) is 12.0. The molecule has 3 rings (SSSR count). The van der Waals surface area contributed by atoms with E-state index in [1.165, 1.54) is 0 Å². The first-order valence-electron chi connectivity index (χ1n) is 8.60. The smallest absolute Gasteiger partial charge is 0.306 e. The van der Waals surface area contributed by atoms with Gasteiger partial charge in [-0.25, -0.2) is 8.42 Å². The van der Waals surface area contributed by atoms with Crippen molar-refractivity contribution in [3.05, 3.63) is 66.2 Å². The van der Waals surface area contributed by atoms with Gasteiger partial charge in [0.25, 0.3) is 0 Å². The number of ether oxygens (including phenoxy) is 1. The van der Waals surface area contributed by atoms with Gasteiger partial charge in [-0.05, 0) is 43.4 Å². The Morgan fingerprint density at radius 3 is 2.28 bits per heavy atom. The van der Waals surface area contributed by atoms with Crippen molar-refractivity contribution in [3.8, 4) is 0 Å². The Kier molecular flexibility index (Phi) is 5.53. The molecule has 1 saturated heterocycles. The monoisotopic (exact) mass is 358 g/mol. The van der Waals surface area contributed by atoms with Crippen LogP contribution < -0.4 is 0 Å². The normalized spacial score (nSPS) is 19.2.